The van der Waals surface area contributed by atoms with Crippen molar-refractivity contribution in [1.82, 2.24) is 15.1 Å². The summed E-state index contributed by atoms with van der Waals surface area (Å²) in [5.74, 6) is 0.481. The van der Waals surface area contributed by atoms with Crippen LogP contribution in [0.5, 0.6) is 0 Å². The van der Waals surface area contributed by atoms with Gasteiger partial charge in [0.05, 0.1) is 6.54 Å². The number of halogens is 1. The first-order valence-corrected chi connectivity index (χ1v) is 9.54. The van der Waals surface area contributed by atoms with E-state index in [1.165, 1.54) is 12.8 Å². The van der Waals surface area contributed by atoms with Crippen LogP contribution in [0.3, 0.4) is 0 Å². The molecule has 1 amide bonds. The molecule has 0 unspecified atom stereocenters. The van der Waals surface area contributed by atoms with Crippen molar-refractivity contribution in [3.05, 3.63) is 29.3 Å². The molecule has 27 heavy (non-hydrogen) atoms. The van der Waals surface area contributed by atoms with E-state index in [9.17, 15) is 4.79 Å². The molecule has 1 saturated heterocycles. The maximum absolute atomic E-state index is 12.2. The lowest BCUT2D eigenvalue weighted by Crippen LogP contribution is -2.34. The molecular weight excluding hydrogens is 368 g/mol. The number of hydrogen-bond acceptors (Lipinski definition) is 6. The third kappa shape index (κ3) is 5.43. The van der Waals surface area contributed by atoms with Gasteiger partial charge in [-0.2, -0.15) is 0 Å². The summed E-state index contributed by atoms with van der Waals surface area (Å²) in [6.45, 7) is 5.38. The molecule has 146 valence electrons. The topological polar surface area (TPSA) is 91.5 Å². The van der Waals surface area contributed by atoms with Crippen molar-refractivity contribution >= 4 is 23.5 Å². The predicted octanol–water partition coefficient (Wildman–Crippen LogP) is 3.20. The van der Waals surface area contributed by atoms with Crippen LogP contribution < -0.4 is 5.32 Å². The van der Waals surface area contributed by atoms with Gasteiger partial charge in [-0.15, -0.1) is 5.10 Å². The Morgan fingerprint density at radius 3 is 2.56 bits per heavy atom. The number of aliphatic hydroxyl groups excluding tert-OH is 1. The number of anilines is 1. The Labute approximate surface area is 163 Å². The van der Waals surface area contributed by atoms with Gasteiger partial charge < -0.3 is 19.7 Å². The van der Waals surface area contributed by atoms with Crippen molar-refractivity contribution in [2.75, 3.05) is 25.0 Å². The zero-order valence-electron chi connectivity index (χ0n) is 15.6. The van der Waals surface area contributed by atoms with Gasteiger partial charge in [0.15, 0.2) is 0 Å². The minimum absolute atomic E-state index is 0.0833. The van der Waals surface area contributed by atoms with E-state index in [4.69, 9.17) is 21.1 Å². The average Bonchev–Trinajstić information content (AvgIpc) is 3.03. The van der Waals surface area contributed by atoms with Crippen molar-refractivity contribution in [3.8, 4) is 11.5 Å². The Morgan fingerprint density at radius 1 is 1.30 bits per heavy atom. The molecule has 1 aliphatic carbocycles. The summed E-state index contributed by atoms with van der Waals surface area (Å²) >= 11 is 5.85. The first-order valence-electron chi connectivity index (χ1n) is 9.16. The molecule has 0 radical (unpaired) electrons. The predicted molar refractivity (Wildman–Crippen MR) is 103 cm³/mol. The van der Waals surface area contributed by atoms with Gasteiger partial charge in [-0.25, -0.2) is 0 Å². The van der Waals surface area contributed by atoms with Gasteiger partial charge in [0.1, 0.15) is 0 Å². The van der Waals surface area contributed by atoms with Crippen molar-refractivity contribution < 1.29 is 14.3 Å². The molecule has 1 aromatic carbocycles. The second kappa shape index (κ2) is 8.27. The standard InChI is InChI=1S/C16H17ClN4O2.C3H8O/c17-12-3-1-11(2-4-12)14-19-20-15(23-14)18-9-13(22)21-8-7-16(10-21)5-6-16;1-3(2)4/h1-4H,5-10H2,(H,18,20);3-4H,1-2H3. The third-order valence-electron chi connectivity index (χ3n) is 4.66. The van der Waals surface area contributed by atoms with E-state index in [2.05, 4.69) is 15.5 Å². The fraction of sp³-hybridized carbons (Fsp3) is 0.526. The molecule has 1 spiro atoms. The lowest BCUT2D eigenvalue weighted by molar-refractivity contribution is -0.128. The average molecular weight is 393 g/mol. The highest BCUT2D eigenvalue weighted by Crippen LogP contribution is 2.52. The number of nitrogens with zero attached hydrogens (tertiary/aromatic N) is 3. The van der Waals surface area contributed by atoms with Crippen molar-refractivity contribution in [2.45, 2.75) is 39.2 Å². The molecule has 2 aromatic rings. The SMILES string of the molecule is CC(C)O.O=C(CNc1nnc(-c2ccc(Cl)cc2)o1)N1CCC2(CC2)C1. The van der Waals surface area contributed by atoms with Gasteiger partial charge in [-0.1, -0.05) is 16.7 Å². The van der Waals surface area contributed by atoms with Crippen molar-refractivity contribution in [1.29, 1.82) is 0 Å². The van der Waals surface area contributed by atoms with Crippen LogP contribution in [0.2, 0.25) is 5.02 Å². The lowest BCUT2D eigenvalue weighted by Gasteiger charge is -2.15. The fourth-order valence-corrected chi connectivity index (χ4v) is 3.13. The summed E-state index contributed by atoms with van der Waals surface area (Å²) in [7, 11) is 0. The van der Waals surface area contributed by atoms with Crippen LogP contribution in [0.1, 0.15) is 33.1 Å². The second-order valence-corrected chi connectivity index (χ2v) is 7.87. The molecule has 0 bridgehead atoms. The maximum Gasteiger partial charge on any atom is 0.316 e. The van der Waals surface area contributed by atoms with Gasteiger partial charge in [0, 0.05) is 29.8 Å². The maximum atomic E-state index is 12.2. The van der Waals surface area contributed by atoms with E-state index in [0.29, 0.717) is 16.3 Å². The highest BCUT2D eigenvalue weighted by molar-refractivity contribution is 6.30. The van der Waals surface area contributed by atoms with Gasteiger partial charge >= 0.3 is 6.01 Å². The third-order valence-corrected chi connectivity index (χ3v) is 4.91. The smallest absolute Gasteiger partial charge is 0.316 e. The van der Waals surface area contributed by atoms with Gasteiger partial charge in [0.25, 0.3) is 0 Å². The molecule has 2 fully saturated rings. The fourth-order valence-electron chi connectivity index (χ4n) is 3.00. The number of likely N-dealkylation sites (tertiary alicyclic amines) is 1. The number of hydrogen-bond donors (Lipinski definition) is 2. The number of carbonyl (C=O) groups is 1. The van der Waals surface area contributed by atoms with Gasteiger partial charge in [-0.3, -0.25) is 4.79 Å². The van der Waals surface area contributed by atoms with Crippen LogP contribution in [0.25, 0.3) is 11.5 Å². The Hall–Kier alpha value is -2.12. The van der Waals surface area contributed by atoms with E-state index in [0.717, 1.165) is 25.1 Å². The molecule has 2 heterocycles. The van der Waals surface area contributed by atoms with Crippen molar-refractivity contribution in [2.24, 2.45) is 5.41 Å². The van der Waals surface area contributed by atoms with E-state index < -0.39 is 0 Å². The summed E-state index contributed by atoms with van der Waals surface area (Å²) in [4.78, 5) is 14.1. The molecule has 8 heteroatoms. The number of amides is 1. The summed E-state index contributed by atoms with van der Waals surface area (Å²) in [6.07, 6.45) is 3.50. The number of aromatic nitrogens is 2. The monoisotopic (exact) mass is 392 g/mol. The lowest BCUT2D eigenvalue weighted by atomic mass is 10.1. The summed E-state index contributed by atoms with van der Waals surface area (Å²) in [5, 5.41) is 19.5. The summed E-state index contributed by atoms with van der Waals surface area (Å²) < 4.78 is 5.53. The molecule has 7 nitrogen and oxygen atoms in total. The molecule has 1 aromatic heterocycles. The highest BCUT2D eigenvalue weighted by atomic mass is 35.5. The van der Waals surface area contributed by atoms with Crippen LogP contribution in [-0.4, -0.2) is 51.8 Å². The van der Waals surface area contributed by atoms with Crippen LogP contribution in [0.4, 0.5) is 6.01 Å². The first kappa shape index (κ1) is 19.6. The molecule has 1 saturated carbocycles. The van der Waals surface area contributed by atoms with Gasteiger partial charge in [-0.05, 0) is 62.8 Å². The molecule has 0 atom stereocenters. The molecular formula is C19H25ClN4O3. The molecule has 1 aliphatic heterocycles. The van der Waals surface area contributed by atoms with E-state index in [1.807, 2.05) is 17.0 Å². The van der Waals surface area contributed by atoms with E-state index in [-0.39, 0.29) is 24.6 Å². The first-order chi connectivity index (χ1) is 12.9. The second-order valence-electron chi connectivity index (χ2n) is 7.43. The normalized spacial score (nSPS) is 17.0. The van der Waals surface area contributed by atoms with Crippen LogP contribution in [0, 0.1) is 5.41 Å². The number of aliphatic hydroxyl groups is 1. The largest absolute Gasteiger partial charge is 0.403 e. The quantitative estimate of drug-likeness (QED) is 0.830. The van der Waals surface area contributed by atoms with E-state index >= 15 is 0 Å². The number of nitrogens with one attached hydrogen (secondary N) is 1. The van der Waals surface area contributed by atoms with Crippen LogP contribution >= 0.6 is 11.6 Å². The summed E-state index contributed by atoms with van der Waals surface area (Å²) in [6, 6.07) is 7.40. The Morgan fingerprint density at radius 2 is 1.96 bits per heavy atom. The molecule has 2 aliphatic rings. The Kier molecular flexibility index (Phi) is 6.01. The Bertz CT molecular complexity index is 769. The minimum atomic E-state index is -0.167. The number of rotatable bonds is 4. The number of carbonyl (C=O) groups excluding carboxylic acids is 1. The van der Waals surface area contributed by atoms with Crippen molar-refractivity contribution in [3.63, 3.8) is 0 Å². The molecule has 4 rings (SSSR count). The van der Waals surface area contributed by atoms with Gasteiger partial charge in [0.2, 0.25) is 11.8 Å². The zero-order valence-corrected chi connectivity index (χ0v) is 16.4. The number of benzene rings is 1. The van der Waals surface area contributed by atoms with Crippen LogP contribution in [-0.2, 0) is 4.79 Å². The Balaban J connectivity index is 0.000000481. The molecule has 2 N–H and O–H groups in total. The van der Waals surface area contributed by atoms with Crippen LogP contribution in [0.15, 0.2) is 28.7 Å². The minimum Gasteiger partial charge on any atom is -0.403 e. The summed E-state index contributed by atoms with van der Waals surface area (Å²) in [5.41, 5.74) is 1.23. The van der Waals surface area contributed by atoms with E-state index in [1.54, 1.807) is 26.0 Å². The highest BCUT2D eigenvalue weighted by Gasteiger charge is 2.48. The zero-order chi connectivity index (χ0) is 19.4.